The average molecular weight is 251 g/mol. The minimum atomic E-state index is 0.308. The van der Waals surface area contributed by atoms with E-state index in [1.165, 1.54) is 12.1 Å². The lowest BCUT2D eigenvalue weighted by molar-refractivity contribution is 0.257. The maximum Gasteiger partial charge on any atom is 0.0596 e. The summed E-state index contributed by atoms with van der Waals surface area (Å²) in [4.78, 5) is 0. The SMILES string of the molecule is CCNC(CCc1cc(C)nn1CC)C(C)(C)C. The summed E-state index contributed by atoms with van der Waals surface area (Å²) in [5.41, 5.74) is 2.80. The zero-order valence-electron chi connectivity index (χ0n) is 12.9. The number of aromatic nitrogens is 2. The highest BCUT2D eigenvalue weighted by Crippen LogP contribution is 2.23. The molecule has 1 N–H and O–H groups in total. The molecule has 0 radical (unpaired) electrons. The van der Waals surface area contributed by atoms with Gasteiger partial charge in [0.1, 0.15) is 0 Å². The molecule has 3 heteroatoms. The Morgan fingerprint density at radius 2 is 2.00 bits per heavy atom. The molecule has 0 aliphatic heterocycles. The highest BCUT2D eigenvalue weighted by atomic mass is 15.3. The van der Waals surface area contributed by atoms with Gasteiger partial charge in [0.05, 0.1) is 5.69 Å². The molecule has 1 aromatic heterocycles. The van der Waals surface area contributed by atoms with Crippen molar-refractivity contribution in [3.05, 3.63) is 17.5 Å². The Morgan fingerprint density at radius 3 is 2.50 bits per heavy atom. The van der Waals surface area contributed by atoms with Crippen molar-refractivity contribution in [2.75, 3.05) is 6.54 Å². The fourth-order valence-corrected chi connectivity index (χ4v) is 2.45. The van der Waals surface area contributed by atoms with E-state index in [1.54, 1.807) is 0 Å². The van der Waals surface area contributed by atoms with Crippen LogP contribution in [0.4, 0.5) is 0 Å². The third-order valence-electron chi connectivity index (χ3n) is 3.47. The molecule has 1 aromatic rings. The standard InChI is InChI=1S/C15H29N3/c1-7-16-14(15(4,5)6)10-9-13-11-12(3)17-18(13)8-2/h11,14,16H,7-10H2,1-6H3. The van der Waals surface area contributed by atoms with Gasteiger partial charge in [0, 0.05) is 18.3 Å². The minimum absolute atomic E-state index is 0.308. The van der Waals surface area contributed by atoms with E-state index in [9.17, 15) is 0 Å². The number of hydrogen-bond donors (Lipinski definition) is 1. The van der Waals surface area contributed by atoms with Crippen molar-refractivity contribution in [3.8, 4) is 0 Å². The fourth-order valence-electron chi connectivity index (χ4n) is 2.45. The second-order valence-electron chi connectivity index (χ2n) is 6.11. The summed E-state index contributed by atoms with van der Waals surface area (Å²) in [5, 5.41) is 8.12. The van der Waals surface area contributed by atoms with Gasteiger partial charge in [-0.2, -0.15) is 5.10 Å². The number of aryl methyl sites for hydroxylation is 3. The topological polar surface area (TPSA) is 29.9 Å². The van der Waals surface area contributed by atoms with E-state index in [2.05, 4.69) is 62.7 Å². The predicted molar refractivity (Wildman–Crippen MR) is 77.9 cm³/mol. The number of rotatable bonds is 6. The molecule has 0 amide bonds. The quantitative estimate of drug-likeness (QED) is 0.841. The Bertz CT molecular complexity index is 360. The molecule has 0 aromatic carbocycles. The maximum atomic E-state index is 4.51. The molecule has 1 heterocycles. The highest BCUT2D eigenvalue weighted by Gasteiger charge is 2.23. The Balaban J connectivity index is 2.66. The van der Waals surface area contributed by atoms with Gasteiger partial charge in [0.25, 0.3) is 0 Å². The van der Waals surface area contributed by atoms with Gasteiger partial charge in [-0.25, -0.2) is 0 Å². The smallest absolute Gasteiger partial charge is 0.0596 e. The van der Waals surface area contributed by atoms with Gasteiger partial charge in [-0.3, -0.25) is 4.68 Å². The van der Waals surface area contributed by atoms with Gasteiger partial charge in [-0.1, -0.05) is 27.7 Å². The Morgan fingerprint density at radius 1 is 1.33 bits per heavy atom. The van der Waals surface area contributed by atoms with Gasteiger partial charge >= 0.3 is 0 Å². The molecule has 1 unspecified atom stereocenters. The molecule has 0 spiro atoms. The van der Waals surface area contributed by atoms with E-state index in [4.69, 9.17) is 0 Å². The van der Waals surface area contributed by atoms with Crippen LogP contribution in [0.25, 0.3) is 0 Å². The first-order chi connectivity index (χ1) is 8.38. The molecule has 0 saturated heterocycles. The van der Waals surface area contributed by atoms with E-state index < -0.39 is 0 Å². The second-order valence-corrected chi connectivity index (χ2v) is 6.11. The van der Waals surface area contributed by atoms with Crippen LogP contribution in [0.3, 0.4) is 0 Å². The van der Waals surface area contributed by atoms with Gasteiger partial charge < -0.3 is 5.32 Å². The predicted octanol–water partition coefficient (Wildman–Crippen LogP) is 3.17. The molecule has 1 rings (SSSR count). The fraction of sp³-hybridized carbons (Fsp3) is 0.800. The lowest BCUT2D eigenvalue weighted by Crippen LogP contribution is -2.40. The molecule has 0 bridgehead atoms. The summed E-state index contributed by atoms with van der Waals surface area (Å²) in [6.45, 7) is 15.3. The Labute approximate surface area is 112 Å². The Hall–Kier alpha value is -0.830. The molecule has 0 saturated carbocycles. The van der Waals surface area contributed by atoms with Crippen molar-refractivity contribution < 1.29 is 0 Å². The van der Waals surface area contributed by atoms with Gasteiger partial charge in [0.15, 0.2) is 0 Å². The number of hydrogen-bond acceptors (Lipinski definition) is 2. The first kappa shape index (κ1) is 15.2. The zero-order chi connectivity index (χ0) is 13.8. The van der Waals surface area contributed by atoms with Crippen LogP contribution in [0.5, 0.6) is 0 Å². The third kappa shape index (κ3) is 4.13. The first-order valence-electron chi connectivity index (χ1n) is 7.15. The summed E-state index contributed by atoms with van der Waals surface area (Å²) >= 11 is 0. The van der Waals surface area contributed by atoms with Crippen molar-refractivity contribution >= 4 is 0 Å². The molecular formula is C15H29N3. The van der Waals surface area contributed by atoms with Crippen LogP contribution in [0.15, 0.2) is 6.07 Å². The van der Waals surface area contributed by atoms with Gasteiger partial charge in [-0.15, -0.1) is 0 Å². The van der Waals surface area contributed by atoms with E-state index in [0.29, 0.717) is 11.5 Å². The van der Waals surface area contributed by atoms with E-state index in [1.807, 2.05) is 0 Å². The molecular weight excluding hydrogens is 222 g/mol. The van der Waals surface area contributed by atoms with Crippen molar-refractivity contribution in [1.29, 1.82) is 0 Å². The van der Waals surface area contributed by atoms with Crippen LogP contribution in [-0.2, 0) is 13.0 Å². The lowest BCUT2D eigenvalue weighted by atomic mass is 9.83. The Kier molecular flexibility index (Phi) is 5.39. The van der Waals surface area contributed by atoms with Crippen molar-refractivity contribution in [3.63, 3.8) is 0 Å². The normalized spacial score (nSPS) is 13.9. The maximum absolute atomic E-state index is 4.51. The van der Waals surface area contributed by atoms with E-state index in [-0.39, 0.29) is 0 Å². The van der Waals surface area contributed by atoms with Crippen molar-refractivity contribution in [2.45, 2.75) is 67.0 Å². The molecule has 0 fully saturated rings. The van der Waals surface area contributed by atoms with Crippen LogP contribution in [0.1, 0.15) is 52.4 Å². The summed E-state index contributed by atoms with van der Waals surface area (Å²) in [7, 11) is 0. The number of nitrogens with zero attached hydrogens (tertiary/aromatic N) is 2. The minimum Gasteiger partial charge on any atom is -0.314 e. The summed E-state index contributed by atoms with van der Waals surface area (Å²) in [6.07, 6.45) is 2.27. The molecule has 1 atom stereocenters. The van der Waals surface area contributed by atoms with Gasteiger partial charge in [-0.05, 0) is 44.7 Å². The summed E-state index contributed by atoms with van der Waals surface area (Å²) in [6, 6.07) is 2.78. The summed E-state index contributed by atoms with van der Waals surface area (Å²) < 4.78 is 2.13. The third-order valence-corrected chi connectivity index (χ3v) is 3.47. The first-order valence-corrected chi connectivity index (χ1v) is 7.15. The lowest BCUT2D eigenvalue weighted by Gasteiger charge is -2.31. The van der Waals surface area contributed by atoms with Crippen LogP contribution >= 0.6 is 0 Å². The molecule has 0 aliphatic carbocycles. The largest absolute Gasteiger partial charge is 0.314 e. The molecule has 0 aliphatic rings. The average Bonchev–Trinajstić information content (AvgIpc) is 2.63. The van der Waals surface area contributed by atoms with E-state index in [0.717, 1.165) is 25.2 Å². The van der Waals surface area contributed by atoms with Crippen LogP contribution in [0, 0.1) is 12.3 Å². The highest BCUT2D eigenvalue weighted by molar-refractivity contribution is 5.09. The van der Waals surface area contributed by atoms with Gasteiger partial charge in [0.2, 0.25) is 0 Å². The number of nitrogens with one attached hydrogen (secondary N) is 1. The van der Waals surface area contributed by atoms with Crippen molar-refractivity contribution in [1.82, 2.24) is 15.1 Å². The monoisotopic (exact) mass is 251 g/mol. The van der Waals surface area contributed by atoms with Crippen LogP contribution in [0.2, 0.25) is 0 Å². The molecule has 104 valence electrons. The van der Waals surface area contributed by atoms with Crippen molar-refractivity contribution in [2.24, 2.45) is 5.41 Å². The molecule has 18 heavy (non-hydrogen) atoms. The van der Waals surface area contributed by atoms with Crippen LogP contribution in [-0.4, -0.2) is 22.4 Å². The zero-order valence-corrected chi connectivity index (χ0v) is 12.9. The molecule has 3 nitrogen and oxygen atoms in total. The summed E-state index contributed by atoms with van der Waals surface area (Å²) in [5.74, 6) is 0. The van der Waals surface area contributed by atoms with E-state index >= 15 is 0 Å². The second kappa shape index (κ2) is 6.37. The van der Waals surface area contributed by atoms with Crippen LogP contribution < -0.4 is 5.32 Å².